The number of hydrogen-bond donors (Lipinski definition) is 1. The van der Waals surface area contributed by atoms with Crippen LogP contribution in [0.25, 0.3) is 11.4 Å². The van der Waals surface area contributed by atoms with Crippen molar-refractivity contribution >= 4 is 11.8 Å². The number of aromatic nitrogens is 2. The van der Waals surface area contributed by atoms with Gasteiger partial charge in [0.05, 0.1) is 0 Å². The molecule has 0 bridgehead atoms. The lowest BCUT2D eigenvalue weighted by molar-refractivity contribution is 0.361. The van der Waals surface area contributed by atoms with E-state index in [1.165, 1.54) is 5.75 Å². The third kappa shape index (κ3) is 2.15. The van der Waals surface area contributed by atoms with Gasteiger partial charge < -0.3 is 9.63 Å². The molecule has 0 saturated carbocycles. The summed E-state index contributed by atoms with van der Waals surface area (Å²) in [5, 5.41) is 13.2. The Bertz CT molecular complexity index is 503. The molecule has 0 aliphatic carbocycles. The minimum Gasteiger partial charge on any atom is -0.508 e. The average Bonchev–Trinajstić information content (AvgIpc) is 3.00. The minimum absolute atomic E-state index is 0.240. The number of phenols is 1. The van der Waals surface area contributed by atoms with E-state index in [1.807, 2.05) is 11.8 Å². The minimum atomic E-state index is 0.240. The van der Waals surface area contributed by atoms with Crippen molar-refractivity contribution in [2.24, 2.45) is 0 Å². The van der Waals surface area contributed by atoms with E-state index in [4.69, 9.17) is 4.52 Å². The summed E-state index contributed by atoms with van der Waals surface area (Å²) in [6, 6.07) is 6.81. The fourth-order valence-corrected chi connectivity index (χ4v) is 3.07. The summed E-state index contributed by atoms with van der Waals surface area (Å²) < 4.78 is 5.30. The average molecular weight is 248 g/mol. The Morgan fingerprint density at radius 2 is 2.12 bits per heavy atom. The molecule has 0 radical (unpaired) electrons. The van der Waals surface area contributed by atoms with Crippen LogP contribution in [0.2, 0.25) is 0 Å². The molecule has 2 heterocycles. The van der Waals surface area contributed by atoms with Crippen LogP contribution in [-0.2, 0) is 0 Å². The SMILES string of the molecule is Oc1ccc(-c2noc(C3CCSC3)n2)cc1. The van der Waals surface area contributed by atoms with Crippen LogP contribution in [-0.4, -0.2) is 26.8 Å². The Labute approximate surface area is 103 Å². The van der Waals surface area contributed by atoms with Crippen LogP contribution in [0.15, 0.2) is 28.8 Å². The van der Waals surface area contributed by atoms with Gasteiger partial charge in [0.15, 0.2) is 0 Å². The number of rotatable bonds is 2. The monoisotopic (exact) mass is 248 g/mol. The maximum absolute atomic E-state index is 9.21. The first-order valence-corrected chi connectivity index (χ1v) is 6.69. The molecule has 0 amide bonds. The van der Waals surface area contributed by atoms with Crippen LogP contribution in [0.1, 0.15) is 18.2 Å². The number of phenolic OH excluding ortho intramolecular Hbond substituents is 1. The molecule has 3 rings (SSSR count). The highest BCUT2D eigenvalue weighted by molar-refractivity contribution is 7.99. The van der Waals surface area contributed by atoms with E-state index < -0.39 is 0 Å². The molecule has 5 heteroatoms. The van der Waals surface area contributed by atoms with E-state index in [-0.39, 0.29) is 5.75 Å². The lowest BCUT2D eigenvalue weighted by Gasteiger charge is -1.98. The zero-order valence-corrected chi connectivity index (χ0v) is 9.98. The lowest BCUT2D eigenvalue weighted by Crippen LogP contribution is -1.96. The molecule has 1 atom stereocenters. The first kappa shape index (κ1) is 10.7. The summed E-state index contributed by atoms with van der Waals surface area (Å²) in [5.41, 5.74) is 0.864. The molecule has 1 aliphatic heterocycles. The highest BCUT2D eigenvalue weighted by Crippen LogP contribution is 2.32. The predicted molar refractivity (Wildman–Crippen MR) is 66.1 cm³/mol. The molecule has 2 aromatic rings. The third-order valence-electron chi connectivity index (χ3n) is 2.85. The normalized spacial score (nSPS) is 19.6. The van der Waals surface area contributed by atoms with Crippen LogP contribution in [0.5, 0.6) is 5.75 Å². The largest absolute Gasteiger partial charge is 0.508 e. The van der Waals surface area contributed by atoms with E-state index >= 15 is 0 Å². The number of benzene rings is 1. The van der Waals surface area contributed by atoms with Crippen molar-refractivity contribution in [2.45, 2.75) is 12.3 Å². The van der Waals surface area contributed by atoms with Crippen LogP contribution in [0, 0.1) is 0 Å². The van der Waals surface area contributed by atoms with Gasteiger partial charge in [-0.25, -0.2) is 0 Å². The molecule has 88 valence electrons. The summed E-state index contributed by atoms with van der Waals surface area (Å²) in [5.74, 6) is 4.21. The van der Waals surface area contributed by atoms with Crippen LogP contribution in [0.4, 0.5) is 0 Å². The van der Waals surface area contributed by atoms with Gasteiger partial charge in [0.1, 0.15) is 5.75 Å². The molecular formula is C12H12N2O2S. The second kappa shape index (κ2) is 4.41. The van der Waals surface area contributed by atoms with Gasteiger partial charge >= 0.3 is 0 Å². The van der Waals surface area contributed by atoms with Crippen molar-refractivity contribution in [1.29, 1.82) is 0 Å². The maximum Gasteiger partial charge on any atom is 0.230 e. The molecule has 1 fully saturated rings. The number of hydrogen-bond acceptors (Lipinski definition) is 5. The lowest BCUT2D eigenvalue weighted by atomic mass is 10.1. The zero-order chi connectivity index (χ0) is 11.7. The van der Waals surface area contributed by atoms with Gasteiger partial charge in [-0.2, -0.15) is 16.7 Å². The van der Waals surface area contributed by atoms with Crippen LogP contribution in [0.3, 0.4) is 0 Å². The smallest absolute Gasteiger partial charge is 0.230 e. The molecule has 1 N–H and O–H groups in total. The quantitative estimate of drug-likeness (QED) is 0.885. The van der Waals surface area contributed by atoms with E-state index in [0.29, 0.717) is 11.7 Å². The van der Waals surface area contributed by atoms with Gasteiger partial charge in [0, 0.05) is 17.2 Å². The fraction of sp³-hybridized carbons (Fsp3) is 0.333. The first-order valence-electron chi connectivity index (χ1n) is 5.54. The predicted octanol–water partition coefficient (Wildman–Crippen LogP) is 2.66. The van der Waals surface area contributed by atoms with Crippen molar-refractivity contribution in [3.05, 3.63) is 30.2 Å². The summed E-state index contributed by atoms with van der Waals surface area (Å²) >= 11 is 1.92. The van der Waals surface area contributed by atoms with Crippen molar-refractivity contribution in [2.75, 3.05) is 11.5 Å². The third-order valence-corrected chi connectivity index (χ3v) is 4.01. The van der Waals surface area contributed by atoms with Crippen LogP contribution >= 0.6 is 11.8 Å². The molecular weight excluding hydrogens is 236 g/mol. The highest BCUT2D eigenvalue weighted by atomic mass is 32.2. The van der Waals surface area contributed by atoms with E-state index in [0.717, 1.165) is 23.6 Å². The first-order chi connectivity index (χ1) is 8.33. The van der Waals surface area contributed by atoms with Crippen molar-refractivity contribution < 1.29 is 9.63 Å². The Balaban J connectivity index is 1.86. The highest BCUT2D eigenvalue weighted by Gasteiger charge is 2.23. The molecule has 1 aromatic heterocycles. The Morgan fingerprint density at radius 3 is 2.82 bits per heavy atom. The van der Waals surface area contributed by atoms with Crippen molar-refractivity contribution in [3.8, 4) is 17.1 Å². The van der Waals surface area contributed by atoms with Crippen molar-refractivity contribution in [3.63, 3.8) is 0 Å². The number of nitrogens with zero attached hydrogens (tertiary/aromatic N) is 2. The molecule has 1 unspecified atom stereocenters. The molecule has 1 aliphatic rings. The summed E-state index contributed by atoms with van der Waals surface area (Å²) in [4.78, 5) is 4.42. The number of thioether (sulfide) groups is 1. The van der Waals surface area contributed by atoms with Crippen molar-refractivity contribution in [1.82, 2.24) is 10.1 Å². The standard InChI is InChI=1S/C12H12N2O2S/c15-10-3-1-8(2-4-10)11-13-12(16-14-11)9-5-6-17-7-9/h1-4,9,15H,5-7H2. The second-order valence-corrected chi connectivity index (χ2v) is 5.21. The Morgan fingerprint density at radius 1 is 1.29 bits per heavy atom. The van der Waals surface area contributed by atoms with Gasteiger partial charge in [0.25, 0.3) is 0 Å². The van der Waals surface area contributed by atoms with Gasteiger partial charge in [-0.15, -0.1) is 0 Å². The summed E-state index contributed by atoms with van der Waals surface area (Å²) in [6.45, 7) is 0. The topological polar surface area (TPSA) is 59.2 Å². The zero-order valence-electron chi connectivity index (χ0n) is 9.17. The van der Waals surface area contributed by atoms with Gasteiger partial charge in [-0.05, 0) is 36.4 Å². The van der Waals surface area contributed by atoms with Gasteiger partial charge in [-0.3, -0.25) is 0 Å². The van der Waals surface area contributed by atoms with E-state index in [2.05, 4.69) is 10.1 Å². The molecule has 0 spiro atoms. The fourth-order valence-electron chi connectivity index (χ4n) is 1.86. The molecule has 1 saturated heterocycles. The molecule has 17 heavy (non-hydrogen) atoms. The summed E-state index contributed by atoms with van der Waals surface area (Å²) in [7, 11) is 0. The second-order valence-electron chi connectivity index (χ2n) is 4.06. The molecule has 1 aromatic carbocycles. The van der Waals surface area contributed by atoms with Gasteiger partial charge in [0.2, 0.25) is 11.7 Å². The summed E-state index contributed by atoms with van der Waals surface area (Å²) in [6.07, 6.45) is 1.11. The maximum atomic E-state index is 9.21. The number of aromatic hydroxyl groups is 1. The Kier molecular flexibility index (Phi) is 2.76. The van der Waals surface area contributed by atoms with Gasteiger partial charge in [-0.1, -0.05) is 5.16 Å². The molecule has 4 nitrogen and oxygen atoms in total. The van der Waals surface area contributed by atoms with E-state index in [1.54, 1.807) is 24.3 Å². The van der Waals surface area contributed by atoms with Crippen LogP contribution < -0.4 is 0 Å². The Hall–Kier alpha value is -1.49. The van der Waals surface area contributed by atoms with E-state index in [9.17, 15) is 5.11 Å².